The van der Waals surface area contributed by atoms with Crippen molar-refractivity contribution >= 4 is 5.91 Å². The molecule has 1 N–H and O–H groups in total. The van der Waals surface area contributed by atoms with E-state index < -0.39 is 0 Å². The van der Waals surface area contributed by atoms with Gasteiger partial charge in [0.2, 0.25) is 5.91 Å². The summed E-state index contributed by atoms with van der Waals surface area (Å²) in [6.07, 6.45) is 2.64. The molecule has 1 heterocycles. The monoisotopic (exact) mass is 286 g/mol. The van der Waals surface area contributed by atoms with Crippen LogP contribution >= 0.6 is 0 Å². The molecule has 0 saturated carbocycles. The fraction of sp³-hybridized carbons (Fsp3) is 0.294. The lowest BCUT2D eigenvalue weighted by Gasteiger charge is -2.17. The van der Waals surface area contributed by atoms with Crippen LogP contribution in [-0.4, -0.2) is 10.9 Å². The predicted molar refractivity (Wildman–Crippen MR) is 80.3 cm³/mol. The Morgan fingerprint density at radius 1 is 1.33 bits per heavy atom. The van der Waals surface area contributed by atoms with E-state index in [-0.39, 0.29) is 24.2 Å². The van der Waals surface area contributed by atoms with Crippen molar-refractivity contribution in [2.24, 2.45) is 0 Å². The van der Waals surface area contributed by atoms with Crippen molar-refractivity contribution in [3.63, 3.8) is 0 Å². The van der Waals surface area contributed by atoms with Crippen molar-refractivity contribution in [1.29, 1.82) is 0 Å². The zero-order valence-corrected chi connectivity index (χ0v) is 12.3. The van der Waals surface area contributed by atoms with Crippen molar-refractivity contribution in [1.82, 2.24) is 10.3 Å². The number of nitrogens with one attached hydrogen (secondary N) is 1. The number of aryl methyl sites for hydroxylation is 1. The van der Waals surface area contributed by atoms with Gasteiger partial charge in [-0.15, -0.1) is 0 Å². The maximum Gasteiger partial charge on any atom is 0.224 e. The Balaban J connectivity index is 2.05. The number of carbonyl (C=O) groups excluding carboxylic acids is 1. The van der Waals surface area contributed by atoms with Crippen LogP contribution in [0.3, 0.4) is 0 Å². The van der Waals surface area contributed by atoms with Gasteiger partial charge in [0.1, 0.15) is 5.82 Å². The molecule has 0 radical (unpaired) electrons. The third kappa shape index (κ3) is 4.12. The van der Waals surface area contributed by atoms with Crippen molar-refractivity contribution in [3.05, 3.63) is 65.2 Å². The van der Waals surface area contributed by atoms with Crippen LogP contribution in [0.4, 0.5) is 4.39 Å². The highest BCUT2D eigenvalue weighted by Gasteiger charge is 2.14. The van der Waals surface area contributed by atoms with Gasteiger partial charge in [0.25, 0.3) is 0 Å². The topological polar surface area (TPSA) is 42.0 Å². The van der Waals surface area contributed by atoms with Crippen molar-refractivity contribution in [2.75, 3.05) is 0 Å². The number of hydrogen-bond donors (Lipinski definition) is 1. The molecule has 0 saturated heterocycles. The Morgan fingerprint density at radius 3 is 2.81 bits per heavy atom. The number of benzene rings is 1. The Kier molecular flexibility index (Phi) is 5.04. The number of rotatable bonds is 5. The minimum atomic E-state index is -0.319. The molecule has 1 amide bonds. The van der Waals surface area contributed by atoms with Crippen LogP contribution in [0, 0.1) is 12.7 Å². The molecule has 21 heavy (non-hydrogen) atoms. The molecule has 2 rings (SSSR count). The minimum Gasteiger partial charge on any atom is -0.347 e. The van der Waals surface area contributed by atoms with Crippen LogP contribution in [0.15, 0.2) is 42.6 Å². The first-order chi connectivity index (χ1) is 10.1. The summed E-state index contributed by atoms with van der Waals surface area (Å²) in [7, 11) is 0. The lowest BCUT2D eigenvalue weighted by molar-refractivity contribution is -0.121. The number of carbonyl (C=O) groups is 1. The lowest BCUT2D eigenvalue weighted by Crippen LogP contribution is -2.30. The molecule has 0 aliphatic rings. The quantitative estimate of drug-likeness (QED) is 0.916. The fourth-order valence-corrected chi connectivity index (χ4v) is 2.22. The van der Waals surface area contributed by atoms with Crippen molar-refractivity contribution in [3.8, 4) is 0 Å². The maximum atomic E-state index is 13.2. The van der Waals surface area contributed by atoms with E-state index in [0.717, 1.165) is 17.7 Å². The molecule has 2 aromatic rings. The second kappa shape index (κ2) is 6.97. The molecule has 1 aromatic carbocycles. The number of amides is 1. The second-order valence-corrected chi connectivity index (χ2v) is 5.03. The van der Waals surface area contributed by atoms with E-state index in [0.29, 0.717) is 5.56 Å². The smallest absolute Gasteiger partial charge is 0.224 e. The zero-order valence-electron chi connectivity index (χ0n) is 12.3. The van der Waals surface area contributed by atoms with Gasteiger partial charge in [-0.3, -0.25) is 9.78 Å². The molecule has 1 aromatic heterocycles. The Bertz CT molecular complexity index is 613. The third-order valence-corrected chi connectivity index (χ3v) is 3.45. The average molecular weight is 286 g/mol. The van der Waals surface area contributed by atoms with Gasteiger partial charge in [-0.05, 0) is 48.7 Å². The van der Waals surface area contributed by atoms with Crippen molar-refractivity contribution in [2.45, 2.75) is 32.7 Å². The SMILES string of the molecule is CC[C@@H](NC(=O)Cc1cc(F)ccc1C)c1ccccn1. The van der Waals surface area contributed by atoms with Crippen LogP contribution in [0.25, 0.3) is 0 Å². The highest BCUT2D eigenvalue weighted by molar-refractivity contribution is 5.79. The normalized spacial score (nSPS) is 12.0. The van der Waals surface area contributed by atoms with Gasteiger partial charge in [-0.25, -0.2) is 4.39 Å². The van der Waals surface area contributed by atoms with Gasteiger partial charge in [0.15, 0.2) is 0 Å². The maximum absolute atomic E-state index is 13.2. The number of hydrogen-bond acceptors (Lipinski definition) is 2. The highest BCUT2D eigenvalue weighted by atomic mass is 19.1. The fourth-order valence-electron chi connectivity index (χ4n) is 2.22. The number of nitrogens with zero attached hydrogens (tertiary/aromatic N) is 1. The summed E-state index contributed by atoms with van der Waals surface area (Å²) in [6, 6.07) is 10.0. The summed E-state index contributed by atoms with van der Waals surface area (Å²) < 4.78 is 13.2. The van der Waals surface area contributed by atoms with Gasteiger partial charge in [0, 0.05) is 6.20 Å². The number of halogens is 1. The summed E-state index contributed by atoms with van der Waals surface area (Å²) in [5.41, 5.74) is 2.46. The van der Waals surface area contributed by atoms with Crippen molar-refractivity contribution < 1.29 is 9.18 Å². The van der Waals surface area contributed by atoms with Gasteiger partial charge >= 0.3 is 0 Å². The molecule has 0 aliphatic heterocycles. The Hall–Kier alpha value is -2.23. The third-order valence-electron chi connectivity index (χ3n) is 3.45. The van der Waals surface area contributed by atoms with Crippen LogP contribution < -0.4 is 5.32 Å². The van der Waals surface area contributed by atoms with Gasteiger partial charge in [-0.1, -0.05) is 19.1 Å². The molecule has 3 nitrogen and oxygen atoms in total. The summed E-state index contributed by atoms with van der Waals surface area (Å²) in [5.74, 6) is -0.443. The van der Waals surface area contributed by atoms with E-state index >= 15 is 0 Å². The molecule has 0 unspecified atom stereocenters. The van der Waals surface area contributed by atoms with E-state index in [9.17, 15) is 9.18 Å². The highest BCUT2D eigenvalue weighted by Crippen LogP contribution is 2.15. The average Bonchev–Trinajstić information content (AvgIpc) is 2.49. The van der Waals surface area contributed by atoms with Crippen LogP contribution in [0.5, 0.6) is 0 Å². The molecule has 110 valence electrons. The van der Waals surface area contributed by atoms with Crippen LogP contribution in [0.1, 0.15) is 36.2 Å². The number of aromatic nitrogens is 1. The Labute approximate surface area is 124 Å². The summed E-state index contributed by atoms with van der Waals surface area (Å²) in [4.78, 5) is 16.4. The van der Waals surface area contributed by atoms with Gasteiger partial charge in [0.05, 0.1) is 18.2 Å². The molecule has 0 bridgehead atoms. The molecule has 0 fully saturated rings. The molecule has 0 aliphatic carbocycles. The first-order valence-corrected chi connectivity index (χ1v) is 7.05. The van der Waals surface area contributed by atoms with E-state index in [1.165, 1.54) is 12.1 Å². The largest absolute Gasteiger partial charge is 0.347 e. The standard InChI is InChI=1S/C17H19FN2O/c1-3-15(16-6-4-5-9-19-16)20-17(21)11-13-10-14(18)8-7-12(13)2/h4-10,15H,3,11H2,1-2H3,(H,20,21)/t15-/m1/s1. The van der Waals surface area contributed by atoms with Gasteiger partial charge in [-0.2, -0.15) is 0 Å². The zero-order chi connectivity index (χ0) is 15.2. The number of pyridine rings is 1. The molecular formula is C17H19FN2O. The molecule has 1 atom stereocenters. The minimum absolute atomic E-state index is 0.118. The first-order valence-electron chi connectivity index (χ1n) is 7.05. The Morgan fingerprint density at radius 2 is 2.14 bits per heavy atom. The summed E-state index contributed by atoms with van der Waals surface area (Å²) >= 11 is 0. The van der Waals surface area contributed by atoms with Crippen LogP contribution in [0.2, 0.25) is 0 Å². The van der Waals surface area contributed by atoms with E-state index in [1.807, 2.05) is 32.0 Å². The first kappa shape index (κ1) is 15.2. The molecule has 0 spiro atoms. The van der Waals surface area contributed by atoms with E-state index in [4.69, 9.17) is 0 Å². The summed E-state index contributed by atoms with van der Waals surface area (Å²) in [6.45, 7) is 3.87. The predicted octanol–water partition coefficient (Wildman–Crippen LogP) is 3.34. The second-order valence-electron chi connectivity index (χ2n) is 5.03. The lowest BCUT2D eigenvalue weighted by atomic mass is 10.0. The summed E-state index contributed by atoms with van der Waals surface area (Å²) in [5, 5.41) is 2.95. The molecular weight excluding hydrogens is 267 g/mol. The van der Waals surface area contributed by atoms with Crippen LogP contribution in [-0.2, 0) is 11.2 Å². The van der Waals surface area contributed by atoms with E-state index in [1.54, 1.807) is 12.3 Å². The van der Waals surface area contributed by atoms with E-state index in [2.05, 4.69) is 10.3 Å². The molecule has 4 heteroatoms. The van der Waals surface area contributed by atoms with Gasteiger partial charge < -0.3 is 5.32 Å².